The zero-order valence-electron chi connectivity index (χ0n) is 18.9. The fourth-order valence-electron chi connectivity index (χ4n) is 3.77. The summed E-state index contributed by atoms with van der Waals surface area (Å²) in [5.41, 5.74) is 0.715. The van der Waals surface area contributed by atoms with Gasteiger partial charge in [0.05, 0.1) is 6.42 Å². The number of benzene rings is 4. The van der Waals surface area contributed by atoms with Crippen LogP contribution in [0, 0.1) is 0 Å². The van der Waals surface area contributed by atoms with Crippen molar-refractivity contribution in [3.63, 3.8) is 0 Å². The Kier molecular flexibility index (Phi) is 7.12. The molecule has 4 rings (SSSR count). The third kappa shape index (κ3) is 5.50. The van der Waals surface area contributed by atoms with Crippen LogP contribution in [0.15, 0.2) is 97.1 Å². The molecule has 0 amide bonds. The smallest absolute Gasteiger partial charge is 0.334 e. The van der Waals surface area contributed by atoms with Gasteiger partial charge in [-0.25, -0.2) is 4.79 Å². The number of fused-ring (bicyclic) bond motifs is 2. The standard InChI is InChI=1S/C29H22O6/c1-19(29(33)35-18-27(31)25-15-7-11-21-9-3-5-13-23(21)25)16-28(32)34-17-26(30)24-14-6-10-20-8-2-4-12-22(20)24/h2-15H,1,16-18H2. The fourth-order valence-corrected chi connectivity index (χ4v) is 3.77. The van der Waals surface area contributed by atoms with Gasteiger partial charge in [-0.15, -0.1) is 0 Å². The van der Waals surface area contributed by atoms with Gasteiger partial charge in [0.1, 0.15) is 0 Å². The van der Waals surface area contributed by atoms with Gasteiger partial charge in [-0.1, -0.05) is 91.5 Å². The Labute approximate surface area is 201 Å². The van der Waals surface area contributed by atoms with Crippen molar-refractivity contribution in [1.29, 1.82) is 0 Å². The number of rotatable bonds is 9. The van der Waals surface area contributed by atoms with Crippen LogP contribution in [0.5, 0.6) is 0 Å². The first kappa shape index (κ1) is 23.6. The SMILES string of the molecule is C=C(CC(=O)OCC(=O)c1cccc2ccccc12)C(=O)OCC(=O)c1cccc2ccccc12. The number of carbonyl (C=O) groups excluding carboxylic acids is 4. The number of hydrogen-bond donors (Lipinski definition) is 0. The summed E-state index contributed by atoms with van der Waals surface area (Å²) in [5, 5.41) is 3.32. The lowest BCUT2D eigenvalue weighted by Crippen LogP contribution is -2.19. The fraction of sp³-hybridized carbons (Fsp3) is 0.103. The quantitative estimate of drug-likeness (QED) is 0.194. The zero-order chi connectivity index (χ0) is 24.8. The predicted octanol–water partition coefficient (Wildman–Crippen LogP) is 5.09. The third-order valence-electron chi connectivity index (χ3n) is 5.53. The van der Waals surface area contributed by atoms with E-state index in [1.54, 1.807) is 24.3 Å². The molecular formula is C29H22O6. The van der Waals surface area contributed by atoms with Crippen LogP contribution in [-0.4, -0.2) is 36.7 Å². The molecule has 6 heteroatoms. The van der Waals surface area contributed by atoms with Crippen LogP contribution >= 0.6 is 0 Å². The Morgan fingerprint density at radius 1 is 0.600 bits per heavy atom. The van der Waals surface area contributed by atoms with E-state index in [2.05, 4.69) is 6.58 Å². The summed E-state index contributed by atoms with van der Waals surface area (Å²) in [7, 11) is 0. The highest BCUT2D eigenvalue weighted by Gasteiger charge is 2.19. The van der Waals surface area contributed by atoms with E-state index in [1.807, 2.05) is 60.7 Å². The number of hydrogen-bond acceptors (Lipinski definition) is 6. The average molecular weight is 466 g/mol. The summed E-state index contributed by atoms with van der Waals surface area (Å²) in [4.78, 5) is 49.5. The van der Waals surface area contributed by atoms with Crippen molar-refractivity contribution >= 4 is 45.0 Å². The summed E-state index contributed by atoms with van der Waals surface area (Å²) in [6.07, 6.45) is -0.454. The van der Waals surface area contributed by atoms with E-state index in [1.165, 1.54) is 0 Å². The molecule has 0 spiro atoms. The summed E-state index contributed by atoms with van der Waals surface area (Å²) < 4.78 is 10.1. The largest absolute Gasteiger partial charge is 0.457 e. The van der Waals surface area contributed by atoms with Crippen molar-refractivity contribution in [2.24, 2.45) is 0 Å². The third-order valence-corrected chi connectivity index (χ3v) is 5.53. The van der Waals surface area contributed by atoms with Gasteiger partial charge in [0, 0.05) is 16.7 Å². The Morgan fingerprint density at radius 2 is 1.06 bits per heavy atom. The molecule has 0 bridgehead atoms. The molecule has 0 aliphatic carbocycles. The Morgan fingerprint density at radius 3 is 1.60 bits per heavy atom. The number of esters is 2. The lowest BCUT2D eigenvalue weighted by atomic mass is 10.0. The molecule has 6 nitrogen and oxygen atoms in total. The molecule has 0 radical (unpaired) electrons. The molecule has 0 fully saturated rings. The summed E-state index contributed by atoms with van der Waals surface area (Å²) in [5.74, 6) is -2.40. The number of carbonyl (C=O) groups is 4. The first-order valence-electron chi connectivity index (χ1n) is 11.0. The van der Waals surface area contributed by atoms with Crippen molar-refractivity contribution in [3.05, 3.63) is 108 Å². The topological polar surface area (TPSA) is 86.7 Å². The first-order chi connectivity index (χ1) is 16.9. The minimum atomic E-state index is -0.879. The van der Waals surface area contributed by atoms with E-state index in [-0.39, 0.29) is 17.1 Å². The molecule has 0 aliphatic heterocycles. The molecule has 4 aromatic rings. The van der Waals surface area contributed by atoms with Crippen LogP contribution in [0.2, 0.25) is 0 Å². The zero-order valence-corrected chi connectivity index (χ0v) is 18.9. The van der Waals surface area contributed by atoms with Gasteiger partial charge in [-0.05, 0) is 21.5 Å². The van der Waals surface area contributed by atoms with Crippen LogP contribution in [0.3, 0.4) is 0 Å². The van der Waals surface area contributed by atoms with Crippen LogP contribution < -0.4 is 0 Å². The van der Waals surface area contributed by atoms with Crippen molar-refractivity contribution < 1.29 is 28.7 Å². The highest BCUT2D eigenvalue weighted by atomic mass is 16.5. The monoisotopic (exact) mass is 466 g/mol. The van der Waals surface area contributed by atoms with Gasteiger partial charge in [0.25, 0.3) is 0 Å². The second-order valence-corrected chi connectivity index (χ2v) is 7.92. The molecule has 0 aliphatic rings. The van der Waals surface area contributed by atoms with E-state index in [4.69, 9.17) is 9.47 Å². The van der Waals surface area contributed by atoms with E-state index in [0.29, 0.717) is 11.1 Å². The Hall–Kier alpha value is -4.58. The van der Waals surface area contributed by atoms with Gasteiger partial charge in [0.15, 0.2) is 13.2 Å². The molecule has 0 saturated heterocycles. The van der Waals surface area contributed by atoms with E-state index >= 15 is 0 Å². The summed E-state index contributed by atoms with van der Waals surface area (Å²) >= 11 is 0. The average Bonchev–Trinajstić information content (AvgIpc) is 2.89. The Bertz CT molecular complexity index is 1460. The predicted molar refractivity (Wildman–Crippen MR) is 132 cm³/mol. The first-order valence-corrected chi connectivity index (χ1v) is 11.0. The number of Topliss-reactive ketones (excluding diaryl/α,β-unsaturated/α-hetero) is 2. The molecule has 0 heterocycles. The van der Waals surface area contributed by atoms with Gasteiger partial charge < -0.3 is 9.47 Å². The molecule has 0 saturated carbocycles. The maximum atomic E-state index is 12.6. The molecule has 0 aromatic heterocycles. The molecule has 35 heavy (non-hydrogen) atoms. The van der Waals surface area contributed by atoms with Crippen LogP contribution in [-0.2, 0) is 19.1 Å². The van der Waals surface area contributed by atoms with Crippen molar-refractivity contribution in [2.75, 3.05) is 13.2 Å². The number of ether oxygens (including phenoxy) is 2. The molecule has 0 atom stereocenters. The highest BCUT2D eigenvalue weighted by molar-refractivity contribution is 6.10. The number of ketones is 2. The highest BCUT2D eigenvalue weighted by Crippen LogP contribution is 2.20. The maximum absolute atomic E-state index is 12.6. The molecule has 0 N–H and O–H groups in total. The molecule has 174 valence electrons. The van der Waals surface area contributed by atoms with Gasteiger partial charge in [-0.2, -0.15) is 0 Å². The molecular weight excluding hydrogens is 444 g/mol. The van der Waals surface area contributed by atoms with Crippen molar-refractivity contribution in [2.45, 2.75) is 6.42 Å². The van der Waals surface area contributed by atoms with Gasteiger partial charge in [-0.3, -0.25) is 14.4 Å². The van der Waals surface area contributed by atoms with Gasteiger partial charge >= 0.3 is 11.9 Å². The summed E-state index contributed by atoms with van der Waals surface area (Å²) in [6, 6.07) is 25.4. The minimum absolute atomic E-state index is 0.168. The van der Waals surface area contributed by atoms with Crippen LogP contribution in [0.25, 0.3) is 21.5 Å². The normalized spacial score (nSPS) is 10.6. The van der Waals surface area contributed by atoms with Crippen LogP contribution in [0.4, 0.5) is 0 Å². The van der Waals surface area contributed by atoms with Gasteiger partial charge in [0.2, 0.25) is 11.6 Å². The van der Waals surface area contributed by atoms with Crippen LogP contribution in [0.1, 0.15) is 27.1 Å². The van der Waals surface area contributed by atoms with E-state index in [9.17, 15) is 19.2 Å². The van der Waals surface area contributed by atoms with E-state index < -0.39 is 31.6 Å². The summed E-state index contributed by atoms with van der Waals surface area (Å²) in [6.45, 7) is 2.60. The minimum Gasteiger partial charge on any atom is -0.457 e. The molecule has 0 unspecified atom stereocenters. The van der Waals surface area contributed by atoms with Crippen molar-refractivity contribution in [3.8, 4) is 0 Å². The van der Waals surface area contributed by atoms with E-state index in [0.717, 1.165) is 21.5 Å². The lowest BCUT2D eigenvalue weighted by Gasteiger charge is -2.09. The molecule has 4 aromatic carbocycles. The Balaban J connectivity index is 1.28. The second-order valence-electron chi connectivity index (χ2n) is 7.92. The lowest BCUT2D eigenvalue weighted by molar-refractivity contribution is -0.145. The van der Waals surface area contributed by atoms with Crippen molar-refractivity contribution in [1.82, 2.24) is 0 Å². The second kappa shape index (κ2) is 10.6. The maximum Gasteiger partial charge on any atom is 0.334 e.